The lowest BCUT2D eigenvalue weighted by molar-refractivity contribution is -0.120. The molecular formula is C23H28N4O. The molecule has 3 aromatic rings. The number of amides is 1. The van der Waals surface area contributed by atoms with Gasteiger partial charge in [-0.3, -0.25) is 4.79 Å². The van der Waals surface area contributed by atoms with Gasteiger partial charge in [-0.2, -0.15) is 0 Å². The fraction of sp³-hybridized carbons (Fsp3) is 0.348. The van der Waals surface area contributed by atoms with Gasteiger partial charge in [0.25, 0.3) is 0 Å². The number of hydrogen-bond acceptors (Lipinski definition) is 4. The molecule has 0 aliphatic rings. The largest absolute Gasteiger partial charge is 0.363 e. The van der Waals surface area contributed by atoms with Gasteiger partial charge in [0.2, 0.25) is 5.91 Å². The van der Waals surface area contributed by atoms with Crippen LogP contribution in [-0.4, -0.2) is 22.9 Å². The second-order valence-corrected chi connectivity index (χ2v) is 7.45. The molecule has 1 aromatic heterocycles. The minimum atomic E-state index is 0.0409. The van der Waals surface area contributed by atoms with Crippen LogP contribution >= 0.6 is 0 Å². The van der Waals surface area contributed by atoms with Gasteiger partial charge in [0.1, 0.15) is 11.6 Å². The summed E-state index contributed by atoms with van der Waals surface area (Å²) in [6, 6.07) is 14.8. The van der Waals surface area contributed by atoms with Crippen molar-refractivity contribution < 1.29 is 4.79 Å². The molecule has 0 saturated carbocycles. The van der Waals surface area contributed by atoms with Gasteiger partial charge in [0.15, 0.2) is 0 Å². The SMILES string of the molecule is CNC(=O)CC(C)c1ccc2nc(C)nc(N[C@H](C)c3cccc(C)c3)c2c1. The molecule has 5 nitrogen and oxygen atoms in total. The molecule has 2 N–H and O–H groups in total. The third-order valence-corrected chi connectivity index (χ3v) is 5.07. The Hall–Kier alpha value is -2.95. The summed E-state index contributed by atoms with van der Waals surface area (Å²) >= 11 is 0. The zero-order valence-corrected chi connectivity index (χ0v) is 17.2. The minimum Gasteiger partial charge on any atom is -0.363 e. The summed E-state index contributed by atoms with van der Waals surface area (Å²) in [4.78, 5) is 21.0. The second-order valence-electron chi connectivity index (χ2n) is 7.45. The first-order valence-electron chi connectivity index (χ1n) is 9.69. The predicted octanol–water partition coefficient (Wildman–Crippen LogP) is 4.66. The lowest BCUT2D eigenvalue weighted by atomic mass is 9.96. The Labute approximate surface area is 166 Å². The van der Waals surface area contributed by atoms with Crippen molar-refractivity contribution in [3.63, 3.8) is 0 Å². The summed E-state index contributed by atoms with van der Waals surface area (Å²) in [5, 5.41) is 7.23. The summed E-state index contributed by atoms with van der Waals surface area (Å²) in [5.41, 5.74) is 4.46. The molecule has 0 spiro atoms. The Kier molecular flexibility index (Phi) is 5.93. The quantitative estimate of drug-likeness (QED) is 0.657. The van der Waals surface area contributed by atoms with Gasteiger partial charge in [-0.05, 0) is 49.9 Å². The first kappa shape index (κ1) is 19.8. The summed E-state index contributed by atoms with van der Waals surface area (Å²) in [6.07, 6.45) is 0.456. The van der Waals surface area contributed by atoms with Crippen molar-refractivity contribution in [2.75, 3.05) is 12.4 Å². The van der Waals surface area contributed by atoms with Crippen LogP contribution in [0.2, 0.25) is 0 Å². The normalized spacial score (nSPS) is 13.2. The molecule has 5 heteroatoms. The summed E-state index contributed by atoms with van der Waals surface area (Å²) in [6.45, 7) is 8.20. The van der Waals surface area contributed by atoms with Crippen molar-refractivity contribution in [1.82, 2.24) is 15.3 Å². The molecule has 1 unspecified atom stereocenters. The first-order chi connectivity index (χ1) is 13.4. The summed E-state index contributed by atoms with van der Waals surface area (Å²) in [5.74, 6) is 1.72. The Balaban J connectivity index is 1.96. The molecule has 1 heterocycles. The number of fused-ring (bicyclic) bond motifs is 1. The van der Waals surface area contributed by atoms with Crippen LogP contribution in [0.5, 0.6) is 0 Å². The number of benzene rings is 2. The molecule has 1 amide bonds. The van der Waals surface area contributed by atoms with Crippen LogP contribution in [0.3, 0.4) is 0 Å². The van der Waals surface area contributed by atoms with Gasteiger partial charge in [-0.15, -0.1) is 0 Å². The van der Waals surface area contributed by atoms with Crippen LogP contribution in [0.25, 0.3) is 10.9 Å². The van der Waals surface area contributed by atoms with Crippen LogP contribution in [0.4, 0.5) is 5.82 Å². The number of anilines is 1. The van der Waals surface area contributed by atoms with E-state index in [-0.39, 0.29) is 17.9 Å². The van der Waals surface area contributed by atoms with Crippen LogP contribution in [0, 0.1) is 13.8 Å². The van der Waals surface area contributed by atoms with E-state index in [2.05, 4.69) is 77.8 Å². The smallest absolute Gasteiger partial charge is 0.220 e. The Morgan fingerprint density at radius 2 is 1.82 bits per heavy atom. The van der Waals surface area contributed by atoms with E-state index in [0.29, 0.717) is 6.42 Å². The van der Waals surface area contributed by atoms with E-state index >= 15 is 0 Å². The number of hydrogen-bond donors (Lipinski definition) is 2. The van der Waals surface area contributed by atoms with E-state index in [1.165, 1.54) is 11.1 Å². The van der Waals surface area contributed by atoms with E-state index in [1.54, 1.807) is 7.05 Å². The molecule has 0 aliphatic heterocycles. The molecule has 0 fully saturated rings. The van der Waals surface area contributed by atoms with Gasteiger partial charge in [-0.1, -0.05) is 42.8 Å². The number of aromatic nitrogens is 2. The van der Waals surface area contributed by atoms with E-state index < -0.39 is 0 Å². The fourth-order valence-corrected chi connectivity index (χ4v) is 3.40. The number of rotatable bonds is 6. The van der Waals surface area contributed by atoms with Crippen LogP contribution in [-0.2, 0) is 4.79 Å². The zero-order valence-electron chi connectivity index (χ0n) is 17.2. The minimum absolute atomic E-state index is 0.0409. The molecule has 2 atom stereocenters. The molecule has 0 bridgehead atoms. The number of carbonyl (C=O) groups excluding carboxylic acids is 1. The van der Waals surface area contributed by atoms with Crippen LogP contribution in [0.1, 0.15) is 54.7 Å². The number of nitrogens with one attached hydrogen (secondary N) is 2. The molecular weight excluding hydrogens is 348 g/mol. The highest BCUT2D eigenvalue weighted by molar-refractivity contribution is 5.90. The van der Waals surface area contributed by atoms with Crippen molar-refractivity contribution in [3.8, 4) is 0 Å². The predicted molar refractivity (Wildman–Crippen MR) is 115 cm³/mol. The van der Waals surface area contributed by atoms with E-state index in [0.717, 1.165) is 28.1 Å². The van der Waals surface area contributed by atoms with E-state index in [9.17, 15) is 4.79 Å². The maximum atomic E-state index is 11.8. The molecule has 0 saturated heterocycles. The molecule has 2 aromatic carbocycles. The fourth-order valence-electron chi connectivity index (χ4n) is 3.40. The Morgan fingerprint density at radius 3 is 2.54 bits per heavy atom. The second kappa shape index (κ2) is 8.38. The lowest BCUT2D eigenvalue weighted by Gasteiger charge is -2.18. The third kappa shape index (κ3) is 4.47. The van der Waals surface area contributed by atoms with Gasteiger partial charge in [-0.25, -0.2) is 9.97 Å². The van der Waals surface area contributed by atoms with Crippen molar-refractivity contribution in [3.05, 3.63) is 65.0 Å². The third-order valence-electron chi connectivity index (χ3n) is 5.07. The van der Waals surface area contributed by atoms with Crippen LogP contribution < -0.4 is 10.6 Å². The molecule has 0 radical (unpaired) electrons. The highest BCUT2D eigenvalue weighted by Gasteiger charge is 2.15. The molecule has 28 heavy (non-hydrogen) atoms. The number of nitrogens with zero attached hydrogens (tertiary/aromatic N) is 2. The molecule has 0 aliphatic carbocycles. The van der Waals surface area contributed by atoms with E-state index in [4.69, 9.17) is 0 Å². The number of aryl methyl sites for hydroxylation is 2. The number of carbonyl (C=O) groups is 1. The maximum Gasteiger partial charge on any atom is 0.220 e. The Bertz CT molecular complexity index is 999. The van der Waals surface area contributed by atoms with Gasteiger partial charge in [0.05, 0.1) is 5.52 Å². The maximum absolute atomic E-state index is 11.8. The van der Waals surface area contributed by atoms with Crippen molar-refractivity contribution in [1.29, 1.82) is 0 Å². The lowest BCUT2D eigenvalue weighted by Crippen LogP contribution is -2.19. The highest BCUT2D eigenvalue weighted by Crippen LogP contribution is 2.29. The first-order valence-corrected chi connectivity index (χ1v) is 9.69. The average molecular weight is 377 g/mol. The van der Waals surface area contributed by atoms with Gasteiger partial charge < -0.3 is 10.6 Å². The van der Waals surface area contributed by atoms with Gasteiger partial charge in [0, 0.05) is 24.9 Å². The monoisotopic (exact) mass is 376 g/mol. The topological polar surface area (TPSA) is 66.9 Å². The van der Waals surface area contributed by atoms with Crippen molar-refractivity contribution in [2.45, 2.75) is 46.1 Å². The highest BCUT2D eigenvalue weighted by atomic mass is 16.1. The molecule has 3 rings (SSSR count). The Morgan fingerprint density at radius 1 is 1.04 bits per heavy atom. The average Bonchev–Trinajstić information content (AvgIpc) is 2.67. The van der Waals surface area contributed by atoms with E-state index in [1.807, 2.05) is 13.0 Å². The summed E-state index contributed by atoms with van der Waals surface area (Å²) in [7, 11) is 1.67. The zero-order chi connectivity index (χ0) is 20.3. The van der Waals surface area contributed by atoms with Crippen molar-refractivity contribution >= 4 is 22.6 Å². The standard InChI is InChI=1S/C23H28N4O/c1-14-7-6-8-19(11-14)16(3)25-23-20-13-18(15(2)12-22(28)24-5)9-10-21(20)26-17(4)27-23/h6-11,13,15-16H,12H2,1-5H3,(H,24,28)(H,25,26,27)/t15?,16-/m1/s1. The molecule has 146 valence electrons. The summed E-state index contributed by atoms with van der Waals surface area (Å²) < 4.78 is 0. The van der Waals surface area contributed by atoms with Gasteiger partial charge >= 0.3 is 0 Å². The van der Waals surface area contributed by atoms with Crippen LogP contribution in [0.15, 0.2) is 42.5 Å². The van der Waals surface area contributed by atoms with Crippen molar-refractivity contribution in [2.24, 2.45) is 0 Å².